The first kappa shape index (κ1) is 16.4. The molecule has 4 N–H and O–H groups in total. The number of aromatic nitrogens is 4. The highest BCUT2D eigenvalue weighted by atomic mass is 16.2. The molecule has 2 aromatic heterocycles. The number of nitrogens with two attached hydrogens (primary N) is 1. The van der Waals surface area contributed by atoms with Gasteiger partial charge in [-0.1, -0.05) is 30.3 Å². The lowest BCUT2D eigenvalue weighted by Crippen LogP contribution is -2.13. The molecule has 4 aromatic rings. The van der Waals surface area contributed by atoms with Crippen LogP contribution in [0.3, 0.4) is 0 Å². The van der Waals surface area contributed by atoms with Gasteiger partial charge in [-0.3, -0.25) is 14.7 Å². The summed E-state index contributed by atoms with van der Waals surface area (Å²) in [6.45, 7) is 0. The molecule has 8 heteroatoms. The molecule has 0 aliphatic rings. The minimum absolute atomic E-state index is 0.123. The molecule has 0 atom stereocenters. The Hall–Kier alpha value is -4.07. The van der Waals surface area contributed by atoms with Gasteiger partial charge in [-0.2, -0.15) is 15.3 Å². The van der Waals surface area contributed by atoms with Crippen molar-refractivity contribution in [2.45, 2.75) is 0 Å². The Morgan fingerprint density at radius 1 is 1.04 bits per heavy atom. The van der Waals surface area contributed by atoms with Crippen molar-refractivity contribution in [3.8, 4) is 11.3 Å². The number of anilines is 1. The van der Waals surface area contributed by atoms with Gasteiger partial charge in [-0.05, 0) is 24.3 Å². The van der Waals surface area contributed by atoms with Gasteiger partial charge in [0, 0.05) is 16.6 Å². The molecule has 27 heavy (non-hydrogen) atoms. The number of amides is 2. The monoisotopic (exact) mass is 358 g/mol. The first-order valence-electron chi connectivity index (χ1n) is 8.09. The van der Waals surface area contributed by atoms with Crippen molar-refractivity contribution in [1.29, 1.82) is 0 Å². The predicted molar refractivity (Wildman–Crippen MR) is 100 cm³/mol. The first-order valence-corrected chi connectivity index (χ1v) is 8.09. The zero-order valence-corrected chi connectivity index (χ0v) is 14.0. The number of hydrogen-bond donors (Lipinski definition) is 3. The summed E-state index contributed by atoms with van der Waals surface area (Å²) in [5.41, 5.74) is 8.43. The van der Waals surface area contributed by atoms with Gasteiger partial charge in [0.25, 0.3) is 11.8 Å². The molecule has 4 rings (SSSR count). The highest BCUT2D eigenvalue weighted by Crippen LogP contribution is 2.22. The van der Waals surface area contributed by atoms with Crippen LogP contribution in [-0.2, 0) is 0 Å². The average molecular weight is 358 g/mol. The molecule has 0 radical (unpaired) electrons. The van der Waals surface area contributed by atoms with Crippen LogP contribution < -0.4 is 11.1 Å². The lowest BCUT2D eigenvalue weighted by molar-refractivity contribution is 0.0995. The van der Waals surface area contributed by atoms with Crippen molar-refractivity contribution in [3.63, 3.8) is 0 Å². The van der Waals surface area contributed by atoms with Crippen LogP contribution in [0.4, 0.5) is 5.69 Å². The van der Waals surface area contributed by atoms with E-state index in [2.05, 4.69) is 25.7 Å². The fraction of sp³-hybridized carbons (Fsp3) is 0. The van der Waals surface area contributed by atoms with Crippen molar-refractivity contribution in [3.05, 3.63) is 72.1 Å². The quantitative estimate of drug-likeness (QED) is 0.516. The number of rotatable bonds is 4. The molecule has 0 aliphatic heterocycles. The number of aromatic amines is 1. The molecule has 0 spiro atoms. The van der Waals surface area contributed by atoms with E-state index >= 15 is 0 Å². The van der Waals surface area contributed by atoms with E-state index in [0.717, 1.165) is 5.56 Å². The van der Waals surface area contributed by atoms with E-state index in [4.69, 9.17) is 5.73 Å². The van der Waals surface area contributed by atoms with Crippen LogP contribution in [0, 0.1) is 0 Å². The molecular formula is C19H14N6O2. The average Bonchev–Trinajstić information content (AvgIpc) is 3.12. The molecule has 0 fully saturated rings. The second kappa shape index (κ2) is 6.68. The molecule has 2 amide bonds. The maximum Gasteiger partial charge on any atom is 0.269 e. The van der Waals surface area contributed by atoms with E-state index in [-0.39, 0.29) is 11.6 Å². The maximum absolute atomic E-state index is 12.6. The molecule has 0 bridgehead atoms. The third kappa shape index (κ3) is 3.23. The third-order valence-electron chi connectivity index (χ3n) is 4.04. The number of primary amides is 1. The zero-order chi connectivity index (χ0) is 18.8. The number of carbonyl (C=O) groups is 2. The smallest absolute Gasteiger partial charge is 0.269 e. The Morgan fingerprint density at radius 2 is 1.85 bits per heavy atom. The van der Waals surface area contributed by atoms with Crippen LogP contribution in [0.25, 0.3) is 22.2 Å². The van der Waals surface area contributed by atoms with Gasteiger partial charge >= 0.3 is 0 Å². The lowest BCUT2D eigenvalue weighted by Gasteiger charge is -2.06. The largest absolute Gasteiger partial charge is 0.364 e. The van der Waals surface area contributed by atoms with Crippen LogP contribution >= 0.6 is 0 Å². The van der Waals surface area contributed by atoms with Gasteiger partial charge < -0.3 is 11.1 Å². The van der Waals surface area contributed by atoms with Crippen LogP contribution in [0.15, 0.2) is 60.8 Å². The number of benzene rings is 2. The number of hydrogen-bond acceptors (Lipinski definition) is 5. The Bertz CT molecular complexity index is 1150. The van der Waals surface area contributed by atoms with Crippen LogP contribution in [0.2, 0.25) is 0 Å². The van der Waals surface area contributed by atoms with Gasteiger partial charge in [0.05, 0.1) is 23.0 Å². The second-order valence-corrected chi connectivity index (χ2v) is 5.85. The fourth-order valence-corrected chi connectivity index (χ4v) is 2.72. The second-order valence-electron chi connectivity index (χ2n) is 5.85. The normalized spacial score (nSPS) is 10.7. The minimum Gasteiger partial charge on any atom is -0.364 e. The summed E-state index contributed by atoms with van der Waals surface area (Å²) in [6, 6.07) is 16.2. The Kier molecular flexibility index (Phi) is 4.06. The van der Waals surface area contributed by atoms with Crippen molar-refractivity contribution >= 4 is 28.4 Å². The Morgan fingerprint density at radius 3 is 2.63 bits per heavy atom. The summed E-state index contributed by atoms with van der Waals surface area (Å²) in [7, 11) is 0. The molecule has 2 heterocycles. The summed E-state index contributed by atoms with van der Waals surface area (Å²) in [4.78, 5) is 24.0. The van der Waals surface area contributed by atoms with Gasteiger partial charge in [0.15, 0.2) is 5.69 Å². The first-order chi connectivity index (χ1) is 13.1. The van der Waals surface area contributed by atoms with Crippen molar-refractivity contribution < 1.29 is 9.59 Å². The topological polar surface area (TPSA) is 127 Å². The van der Waals surface area contributed by atoms with E-state index < -0.39 is 5.91 Å². The van der Waals surface area contributed by atoms with E-state index in [1.807, 2.05) is 30.3 Å². The van der Waals surface area contributed by atoms with E-state index in [1.54, 1.807) is 24.3 Å². The SMILES string of the molecule is NC(=O)c1n[nH]c2ccc(NC(=O)c3cnnc(-c4ccccc4)c3)cc12. The number of fused-ring (bicyclic) bond motifs is 1. The number of nitrogens with zero attached hydrogens (tertiary/aromatic N) is 3. The minimum atomic E-state index is -0.643. The van der Waals surface area contributed by atoms with Crippen LogP contribution in [0.5, 0.6) is 0 Å². The van der Waals surface area contributed by atoms with Crippen LogP contribution in [-0.4, -0.2) is 32.2 Å². The Balaban J connectivity index is 1.62. The maximum atomic E-state index is 12.6. The zero-order valence-electron chi connectivity index (χ0n) is 14.0. The van der Waals surface area contributed by atoms with Crippen molar-refractivity contribution in [1.82, 2.24) is 20.4 Å². The molecule has 8 nitrogen and oxygen atoms in total. The summed E-state index contributed by atoms with van der Waals surface area (Å²) < 4.78 is 0. The lowest BCUT2D eigenvalue weighted by atomic mass is 10.1. The van der Waals surface area contributed by atoms with Crippen LogP contribution in [0.1, 0.15) is 20.8 Å². The summed E-state index contributed by atoms with van der Waals surface area (Å²) in [6.07, 6.45) is 1.40. The van der Waals surface area contributed by atoms with E-state index in [1.165, 1.54) is 6.20 Å². The molecule has 132 valence electrons. The standard InChI is InChI=1S/C19H14N6O2/c20-18(26)17-14-9-13(6-7-15(14)24-25-17)22-19(27)12-8-16(23-21-10-12)11-4-2-1-3-5-11/h1-10H,(H2,20,26)(H,22,27)(H,24,25). The predicted octanol–water partition coefficient (Wildman–Crippen LogP) is 2.37. The Labute approximate surface area is 153 Å². The van der Waals surface area contributed by atoms with Gasteiger partial charge in [-0.25, -0.2) is 0 Å². The van der Waals surface area contributed by atoms with E-state index in [0.29, 0.717) is 27.8 Å². The molecule has 0 unspecified atom stereocenters. The summed E-state index contributed by atoms with van der Waals surface area (Å²) in [5.74, 6) is -0.985. The van der Waals surface area contributed by atoms with Gasteiger partial charge in [0.1, 0.15) is 0 Å². The summed E-state index contributed by atoms with van der Waals surface area (Å²) >= 11 is 0. The molecule has 0 aliphatic carbocycles. The van der Waals surface area contributed by atoms with Gasteiger partial charge in [0.2, 0.25) is 0 Å². The van der Waals surface area contributed by atoms with Gasteiger partial charge in [-0.15, -0.1) is 0 Å². The molecule has 0 saturated heterocycles. The van der Waals surface area contributed by atoms with Crippen molar-refractivity contribution in [2.24, 2.45) is 5.73 Å². The number of H-pyrrole nitrogens is 1. The molecule has 0 saturated carbocycles. The molecule has 2 aromatic carbocycles. The highest BCUT2D eigenvalue weighted by molar-refractivity contribution is 6.08. The number of nitrogens with one attached hydrogen (secondary N) is 2. The van der Waals surface area contributed by atoms with Crippen molar-refractivity contribution in [2.75, 3.05) is 5.32 Å². The molecular weight excluding hydrogens is 344 g/mol. The van der Waals surface area contributed by atoms with E-state index in [9.17, 15) is 9.59 Å². The highest BCUT2D eigenvalue weighted by Gasteiger charge is 2.13. The summed E-state index contributed by atoms with van der Waals surface area (Å²) in [5, 5.41) is 17.9. The number of carbonyl (C=O) groups excluding carboxylic acids is 2. The fourth-order valence-electron chi connectivity index (χ4n) is 2.72. The third-order valence-corrected chi connectivity index (χ3v) is 4.04.